The van der Waals surface area contributed by atoms with Gasteiger partial charge in [0.2, 0.25) is 0 Å². The first-order chi connectivity index (χ1) is 14.5. The molecule has 3 rings (SSSR count). The van der Waals surface area contributed by atoms with Gasteiger partial charge in [0.05, 0.1) is 17.5 Å². The Balaban J connectivity index is 1.71. The van der Waals surface area contributed by atoms with Gasteiger partial charge in [-0.25, -0.2) is 4.79 Å². The highest BCUT2D eigenvalue weighted by Gasteiger charge is 2.14. The summed E-state index contributed by atoms with van der Waals surface area (Å²) in [5, 5.41) is 9.09. The van der Waals surface area contributed by atoms with Crippen LogP contribution in [-0.2, 0) is 6.42 Å². The van der Waals surface area contributed by atoms with E-state index in [9.17, 15) is 4.79 Å². The molecule has 0 aliphatic rings. The van der Waals surface area contributed by atoms with Crippen molar-refractivity contribution in [1.82, 2.24) is 4.98 Å². The average Bonchev–Trinajstić information content (AvgIpc) is 2.74. The van der Waals surface area contributed by atoms with E-state index in [1.54, 1.807) is 18.3 Å². The zero-order chi connectivity index (χ0) is 21.5. The van der Waals surface area contributed by atoms with Crippen molar-refractivity contribution in [2.24, 2.45) is 5.92 Å². The number of carboxylic acids is 1. The highest BCUT2D eigenvalue weighted by Crippen LogP contribution is 2.27. The van der Waals surface area contributed by atoms with Crippen molar-refractivity contribution >= 4 is 5.97 Å². The molecule has 1 atom stereocenters. The lowest BCUT2D eigenvalue weighted by Crippen LogP contribution is -2.08. The van der Waals surface area contributed by atoms with Crippen molar-refractivity contribution in [3.8, 4) is 17.0 Å². The van der Waals surface area contributed by atoms with Crippen LogP contribution in [0, 0.1) is 5.92 Å². The standard InChI is InChI=1S/C26H29NO3/c1-4-5-25(21-10-12-22(13-11-21)26(28)29)30-23-14-15-24(27-17-23)20-8-6-19(7-9-20)16-18(2)3/h6-15,17-18,25H,4-5,16H2,1-3H3,(H,28,29). The molecule has 30 heavy (non-hydrogen) atoms. The number of nitrogens with zero attached hydrogens (tertiary/aromatic N) is 1. The number of rotatable bonds is 9. The van der Waals surface area contributed by atoms with Gasteiger partial charge in [-0.2, -0.15) is 0 Å². The number of pyridine rings is 1. The quantitative estimate of drug-likeness (QED) is 0.439. The van der Waals surface area contributed by atoms with Crippen LogP contribution in [0.15, 0.2) is 66.9 Å². The molecule has 1 N–H and O–H groups in total. The fourth-order valence-electron chi connectivity index (χ4n) is 3.46. The van der Waals surface area contributed by atoms with Gasteiger partial charge in [0.15, 0.2) is 0 Å². The molecule has 4 nitrogen and oxygen atoms in total. The molecule has 0 saturated heterocycles. The number of ether oxygens (including phenoxy) is 1. The summed E-state index contributed by atoms with van der Waals surface area (Å²) < 4.78 is 6.19. The highest BCUT2D eigenvalue weighted by molar-refractivity contribution is 5.87. The lowest BCUT2D eigenvalue weighted by molar-refractivity contribution is 0.0696. The topological polar surface area (TPSA) is 59.4 Å². The monoisotopic (exact) mass is 403 g/mol. The van der Waals surface area contributed by atoms with Crippen molar-refractivity contribution in [2.75, 3.05) is 0 Å². The van der Waals surface area contributed by atoms with E-state index < -0.39 is 5.97 Å². The summed E-state index contributed by atoms with van der Waals surface area (Å²) in [6, 6.07) is 19.4. The summed E-state index contributed by atoms with van der Waals surface area (Å²) in [6.45, 7) is 6.55. The smallest absolute Gasteiger partial charge is 0.335 e. The predicted molar refractivity (Wildman–Crippen MR) is 120 cm³/mol. The maximum atomic E-state index is 11.1. The molecular formula is C26H29NO3. The predicted octanol–water partition coefficient (Wildman–Crippen LogP) is 6.57. The second-order valence-corrected chi connectivity index (χ2v) is 8.00. The summed E-state index contributed by atoms with van der Waals surface area (Å²) in [7, 11) is 0. The maximum absolute atomic E-state index is 11.1. The van der Waals surface area contributed by atoms with E-state index in [1.165, 1.54) is 5.56 Å². The third-order valence-electron chi connectivity index (χ3n) is 4.99. The SMILES string of the molecule is CCCC(Oc1ccc(-c2ccc(CC(C)C)cc2)nc1)c1ccc(C(=O)O)cc1. The first-order valence-electron chi connectivity index (χ1n) is 10.5. The van der Waals surface area contributed by atoms with Crippen LogP contribution >= 0.6 is 0 Å². The minimum Gasteiger partial charge on any atom is -0.484 e. The van der Waals surface area contributed by atoms with Crippen LogP contribution in [0.1, 0.15) is 61.2 Å². The molecular weight excluding hydrogens is 374 g/mol. The van der Waals surface area contributed by atoms with E-state index in [0.717, 1.165) is 36.1 Å². The highest BCUT2D eigenvalue weighted by atomic mass is 16.5. The zero-order valence-electron chi connectivity index (χ0n) is 17.8. The van der Waals surface area contributed by atoms with E-state index >= 15 is 0 Å². The van der Waals surface area contributed by atoms with Crippen LogP contribution in [0.3, 0.4) is 0 Å². The fraction of sp³-hybridized carbons (Fsp3) is 0.308. The third-order valence-corrected chi connectivity index (χ3v) is 4.99. The van der Waals surface area contributed by atoms with E-state index in [0.29, 0.717) is 11.7 Å². The molecule has 3 aromatic rings. The first kappa shape index (κ1) is 21.6. The molecule has 1 heterocycles. The summed E-state index contributed by atoms with van der Waals surface area (Å²) in [5.41, 5.74) is 4.58. The molecule has 0 aliphatic carbocycles. The number of carboxylic acid groups (broad SMARTS) is 1. The molecule has 0 saturated carbocycles. The van der Waals surface area contributed by atoms with Gasteiger partial charge in [-0.15, -0.1) is 0 Å². The van der Waals surface area contributed by atoms with E-state index in [-0.39, 0.29) is 11.7 Å². The van der Waals surface area contributed by atoms with E-state index in [2.05, 4.69) is 50.0 Å². The van der Waals surface area contributed by atoms with Gasteiger partial charge in [0.25, 0.3) is 0 Å². The van der Waals surface area contributed by atoms with Crippen molar-refractivity contribution in [3.63, 3.8) is 0 Å². The van der Waals surface area contributed by atoms with Gasteiger partial charge in [-0.3, -0.25) is 4.98 Å². The molecule has 0 aliphatic heterocycles. The first-order valence-corrected chi connectivity index (χ1v) is 10.5. The molecule has 1 unspecified atom stereocenters. The second kappa shape index (κ2) is 10.1. The minimum absolute atomic E-state index is 0.138. The van der Waals surface area contributed by atoms with Crippen molar-refractivity contribution in [2.45, 2.75) is 46.1 Å². The van der Waals surface area contributed by atoms with Gasteiger partial charge in [-0.05, 0) is 54.2 Å². The molecule has 0 bridgehead atoms. The number of carbonyl (C=O) groups is 1. The van der Waals surface area contributed by atoms with Crippen molar-refractivity contribution in [3.05, 3.63) is 83.6 Å². The van der Waals surface area contributed by atoms with Gasteiger partial charge in [-0.1, -0.05) is 63.6 Å². The van der Waals surface area contributed by atoms with Gasteiger partial charge in [0.1, 0.15) is 11.9 Å². The molecule has 1 aromatic heterocycles. The molecule has 0 radical (unpaired) electrons. The van der Waals surface area contributed by atoms with E-state index in [1.807, 2.05) is 24.3 Å². The normalized spacial score (nSPS) is 12.0. The Hall–Kier alpha value is -3.14. The van der Waals surface area contributed by atoms with Crippen LogP contribution < -0.4 is 4.74 Å². The molecule has 0 fully saturated rings. The lowest BCUT2D eigenvalue weighted by atomic mass is 10.0. The van der Waals surface area contributed by atoms with Gasteiger partial charge >= 0.3 is 5.97 Å². The molecule has 2 aromatic carbocycles. The average molecular weight is 404 g/mol. The summed E-state index contributed by atoms with van der Waals surface area (Å²) >= 11 is 0. The van der Waals surface area contributed by atoms with Crippen molar-refractivity contribution < 1.29 is 14.6 Å². The lowest BCUT2D eigenvalue weighted by Gasteiger charge is -2.19. The van der Waals surface area contributed by atoms with Crippen LogP contribution in [0.25, 0.3) is 11.3 Å². The molecule has 0 amide bonds. The molecule has 156 valence electrons. The number of benzene rings is 2. The van der Waals surface area contributed by atoms with Crippen LogP contribution in [0.2, 0.25) is 0 Å². The molecule has 0 spiro atoms. The van der Waals surface area contributed by atoms with Crippen LogP contribution in [0.5, 0.6) is 5.75 Å². The van der Waals surface area contributed by atoms with Crippen LogP contribution in [-0.4, -0.2) is 16.1 Å². The number of hydrogen-bond acceptors (Lipinski definition) is 3. The largest absolute Gasteiger partial charge is 0.484 e. The second-order valence-electron chi connectivity index (χ2n) is 8.00. The Morgan fingerprint density at radius 3 is 2.23 bits per heavy atom. The fourth-order valence-corrected chi connectivity index (χ4v) is 3.46. The Kier molecular flexibility index (Phi) is 7.23. The maximum Gasteiger partial charge on any atom is 0.335 e. The number of aromatic nitrogens is 1. The minimum atomic E-state index is -0.925. The van der Waals surface area contributed by atoms with Gasteiger partial charge in [0, 0.05) is 5.56 Å². The summed E-state index contributed by atoms with van der Waals surface area (Å²) in [6.07, 6.45) is 4.49. The molecule has 4 heteroatoms. The van der Waals surface area contributed by atoms with Crippen LogP contribution in [0.4, 0.5) is 0 Å². The van der Waals surface area contributed by atoms with Gasteiger partial charge < -0.3 is 9.84 Å². The Bertz CT molecular complexity index is 945. The number of aromatic carboxylic acids is 1. The summed E-state index contributed by atoms with van der Waals surface area (Å²) in [4.78, 5) is 15.7. The Morgan fingerprint density at radius 1 is 1.00 bits per heavy atom. The summed E-state index contributed by atoms with van der Waals surface area (Å²) in [5.74, 6) is 0.421. The van der Waals surface area contributed by atoms with Crippen molar-refractivity contribution in [1.29, 1.82) is 0 Å². The number of hydrogen-bond donors (Lipinski definition) is 1. The Labute approximate surface area is 178 Å². The zero-order valence-corrected chi connectivity index (χ0v) is 17.8. The van der Waals surface area contributed by atoms with E-state index in [4.69, 9.17) is 9.84 Å². The third kappa shape index (κ3) is 5.69. The Morgan fingerprint density at radius 2 is 1.70 bits per heavy atom.